The van der Waals surface area contributed by atoms with E-state index in [4.69, 9.17) is 9.16 Å². The molecule has 0 N–H and O–H groups in total. The first-order chi connectivity index (χ1) is 8.24. The SMILES string of the molecule is CC(C)(C)[Si](C)(C)OCOC(=O)c1ccccc1. The molecular weight excluding hydrogens is 244 g/mol. The van der Waals surface area contributed by atoms with E-state index in [1.54, 1.807) is 12.1 Å². The van der Waals surface area contributed by atoms with Crippen LogP contribution in [0.15, 0.2) is 30.3 Å². The van der Waals surface area contributed by atoms with Gasteiger partial charge in [-0.3, -0.25) is 0 Å². The Hall–Kier alpha value is -1.13. The Kier molecular flexibility index (Phi) is 4.70. The molecule has 0 atom stereocenters. The summed E-state index contributed by atoms with van der Waals surface area (Å²) >= 11 is 0. The van der Waals surface area contributed by atoms with Gasteiger partial charge in [-0.05, 0) is 30.3 Å². The normalized spacial score (nSPS) is 12.3. The summed E-state index contributed by atoms with van der Waals surface area (Å²) in [4.78, 5) is 11.7. The van der Waals surface area contributed by atoms with Crippen LogP contribution in [0.5, 0.6) is 0 Å². The standard InChI is InChI=1S/C14H22O3Si/c1-14(2,3)18(4,5)17-11-16-13(15)12-9-7-6-8-10-12/h6-10H,11H2,1-5H3. The minimum Gasteiger partial charge on any atom is -0.436 e. The molecular formula is C14H22O3Si. The summed E-state index contributed by atoms with van der Waals surface area (Å²) in [6.07, 6.45) is 0. The van der Waals surface area contributed by atoms with Crippen LogP contribution >= 0.6 is 0 Å². The predicted octanol–water partition coefficient (Wildman–Crippen LogP) is 3.82. The Morgan fingerprint density at radius 1 is 1.17 bits per heavy atom. The molecule has 0 radical (unpaired) electrons. The van der Waals surface area contributed by atoms with Gasteiger partial charge in [0, 0.05) is 0 Å². The quantitative estimate of drug-likeness (QED) is 0.472. The molecule has 0 aliphatic rings. The molecule has 0 aliphatic heterocycles. The van der Waals surface area contributed by atoms with E-state index < -0.39 is 8.32 Å². The molecule has 0 heterocycles. The van der Waals surface area contributed by atoms with Crippen LogP contribution in [0.1, 0.15) is 31.1 Å². The van der Waals surface area contributed by atoms with Gasteiger partial charge in [-0.15, -0.1) is 0 Å². The summed E-state index contributed by atoms with van der Waals surface area (Å²) in [5, 5.41) is 0.117. The molecule has 1 aromatic carbocycles. The number of hydrogen-bond acceptors (Lipinski definition) is 3. The largest absolute Gasteiger partial charge is 0.436 e. The van der Waals surface area contributed by atoms with Crippen molar-refractivity contribution in [3.63, 3.8) is 0 Å². The third-order valence-electron chi connectivity index (χ3n) is 3.43. The molecule has 1 rings (SSSR count). The van der Waals surface area contributed by atoms with Crippen molar-refractivity contribution in [1.29, 1.82) is 0 Å². The van der Waals surface area contributed by atoms with Gasteiger partial charge in [0.1, 0.15) is 0 Å². The maximum absolute atomic E-state index is 11.7. The van der Waals surface area contributed by atoms with Crippen molar-refractivity contribution in [3.8, 4) is 0 Å². The fourth-order valence-corrected chi connectivity index (χ4v) is 1.89. The van der Waals surface area contributed by atoms with Gasteiger partial charge in [0.05, 0.1) is 5.56 Å². The summed E-state index contributed by atoms with van der Waals surface area (Å²) in [6, 6.07) is 8.95. The third-order valence-corrected chi connectivity index (χ3v) is 7.88. The first kappa shape index (κ1) is 14.9. The molecule has 0 saturated heterocycles. The van der Waals surface area contributed by atoms with Gasteiger partial charge in [-0.2, -0.15) is 0 Å². The van der Waals surface area contributed by atoms with Gasteiger partial charge in [-0.1, -0.05) is 39.0 Å². The van der Waals surface area contributed by atoms with Crippen molar-refractivity contribution in [2.45, 2.75) is 38.9 Å². The highest BCUT2D eigenvalue weighted by Crippen LogP contribution is 2.36. The Labute approximate surface area is 110 Å². The van der Waals surface area contributed by atoms with Gasteiger partial charge in [0.2, 0.25) is 0 Å². The van der Waals surface area contributed by atoms with Crippen molar-refractivity contribution >= 4 is 14.3 Å². The average molecular weight is 266 g/mol. The van der Waals surface area contributed by atoms with Gasteiger partial charge in [0.25, 0.3) is 0 Å². The highest BCUT2D eigenvalue weighted by Gasteiger charge is 2.37. The highest BCUT2D eigenvalue weighted by molar-refractivity contribution is 6.74. The van der Waals surface area contributed by atoms with Gasteiger partial charge in [0.15, 0.2) is 15.1 Å². The lowest BCUT2D eigenvalue weighted by atomic mass is 10.2. The van der Waals surface area contributed by atoms with Crippen LogP contribution < -0.4 is 0 Å². The molecule has 0 bridgehead atoms. The van der Waals surface area contributed by atoms with Crippen molar-refractivity contribution in [3.05, 3.63) is 35.9 Å². The molecule has 0 unspecified atom stereocenters. The molecule has 0 fully saturated rings. The van der Waals surface area contributed by atoms with E-state index in [1.165, 1.54) is 0 Å². The number of carbonyl (C=O) groups excluding carboxylic acids is 1. The summed E-state index contributed by atoms with van der Waals surface area (Å²) in [6.45, 7) is 10.7. The second-order valence-electron chi connectivity index (χ2n) is 5.82. The summed E-state index contributed by atoms with van der Waals surface area (Å²) in [7, 11) is -1.85. The maximum Gasteiger partial charge on any atom is 0.340 e. The monoisotopic (exact) mass is 266 g/mol. The predicted molar refractivity (Wildman–Crippen MR) is 75.0 cm³/mol. The van der Waals surface area contributed by atoms with E-state index in [2.05, 4.69) is 33.9 Å². The van der Waals surface area contributed by atoms with Gasteiger partial charge < -0.3 is 9.16 Å². The van der Waals surface area contributed by atoms with Crippen LogP contribution in [-0.2, 0) is 9.16 Å². The van der Waals surface area contributed by atoms with E-state index in [9.17, 15) is 4.79 Å². The summed E-state index contributed by atoms with van der Waals surface area (Å²) in [5.41, 5.74) is 0.552. The topological polar surface area (TPSA) is 35.5 Å². The molecule has 100 valence electrons. The fraction of sp³-hybridized carbons (Fsp3) is 0.500. The number of ether oxygens (including phenoxy) is 1. The lowest BCUT2D eigenvalue weighted by molar-refractivity contribution is 0.0111. The lowest BCUT2D eigenvalue weighted by Gasteiger charge is -2.35. The molecule has 0 spiro atoms. The Morgan fingerprint density at radius 2 is 1.72 bits per heavy atom. The summed E-state index contributed by atoms with van der Waals surface area (Å²) < 4.78 is 10.9. The summed E-state index contributed by atoms with van der Waals surface area (Å²) in [5.74, 6) is -0.339. The Bertz CT molecular complexity index is 393. The first-order valence-corrected chi connectivity index (χ1v) is 9.01. The van der Waals surface area contributed by atoms with E-state index in [0.717, 1.165) is 0 Å². The maximum atomic E-state index is 11.7. The second-order valence-corrected chi connectivity index (χ2v) is 10.6. The number of carbonyl (C=O) groups is 1. The zero-order valence-corrected chi connectivity index (χ0v) is 12.8. The molecule has 1 aromatic rings. The smallest absolute Gasteiger partial charge is 0.340 e. The van der Waals surface area contributed by atoms with Crippen LogP contribution in [0.3, 0.4) is 0 Å². The zero-order chi connectivity index (χ0) is 13.8. The molecule has 0 aliphatic carbocycles. The number of benzene rings is 1. The molecule has 3 nitrogen and oxygen atoms in total. The third kappa shape index (κ3) is 3.96. The highest BCUT2D eigenvalue weighted by atomic mass is 28.4. The van der Waals surface area contributed by atoms with E-state index >= 15 is 0 Å². The van der Waals surface area contributed by atoms with Crippen LogP contribution in [0.2, 0.25) is 18.1 Å². The van der Waals surface area contributed by atoms with Crippen LogP contribution in [0.25, 0.3) is 0 Å². The molecule has 4 heteroatoms. The van der Waals surface area contributed by atoms with Crippen LogP contribution in [-0.4, -0.2) is 21.1 Å². The molecule has 0 aromatic heterocycles. The van der Waals surface area contributed by atoms with E-state index in [-0.39, 0.29) is 17.8 Å². The van der Waals surface area contributed by atoms with Crippen LogP contribution in [0.4, 0.5) is 0 Å². The number of rotatable bonds is 4. The van der Waals surface area contributed by atoms with Crippen molar-refractivity contribution < 1.29 is 14.0 Å². The van der Waals surface area contributed by atoms with E-state index in [0.29, 0.717) is 5.56 Å². The lowest BCUT2D eigenvalue weighted by Crippen LogP contribution is -2.41. The van der Waals surface area contributed by atoms with Crippen molar-refractivity contribution in [1.82, 2.24) is 0 Å². The van der Waals surface area contributed by atoms with Gasteiger partial charge in [-0.25, -0.2) is 4.79 Å². The second kappa shape index (κ2) is 5.67. The van der Waals surface area contributed by atoms with Crippen molar-refractivity contribution in [2.75, 3.05) is 6.79 Å². The molecule has 0 saturated carbocycles. The number of hydrogen-bond donors (Lipinski definition) is 0. The van der Waals surface area contributed by atoms with Gasteiger partial charge >= 0.3 is 5.97 Å². The van der Waals surface area contributed by atoms with Crippen molar-refractivity contribution in [2.24, 2.45) is 0 Å². The molecule has 18 heavy (non-hydrogen) atoms. The fourth-order valence-electron chi connectivity index (χ4n) is 1.10. The number of esters is 1. The minimum absolute atomic E-state index is 0.0320. The van der Waals surface area contributed by atoms with E-state index in [1.807, 2.05) is 18.2 Å². The van der Waals surface area contributed by atoms with Crippen LogP contribution in [0, 0.1) is 0 Å². The Morgan fingerprint density at radius 3 is 2.22 bits per heavy atom. The Balaban J connectivity index is 2.46. The molecule has 0 amide bonds. The zero-order valence-electron chi connectivity index (χ0n) is 11.8. The first-order valence-electron chi connectivity index (χ1n) is 6.10. The minimum atomic E-state index is -1.85. The average Bonchev–Trinajstić information content (AvgIpc) is 2.28.